The zero-order valence-electron chi connectivity index (χ0n) is 19.2. The van der Waals surface area contributed by atoms with Crippen molar-refractivity contribution < 1.29 is 24.0 Å². The molecule has 1 saturated carbocycles. The second-order valence-electron chi connectivity index (χ2n) is 8.93. The third-order valence-corrected chi connectivity index (χ3v) is 6.87. The number of fused-ring (bicyclic) bond motifs is 1. The maximum Gasteiger partial charge on any atom is 0.269 e. The van der Waals surface area contributed by atoms with Crippen molar-refractivity contribution in [1.29, 1.82) is 0 Å². The number of carbonyl (C=O) groups is 2. The Bertz CT molecular complexity index is 1190. The van der Waals surface area contributed by atoms with Gasteiger partial charge in [-0.05, 0) is 73.1 Å². The first-order valence-electron chi connectivity index (χ1n) is 11.7. The van der Waals surface area contributed by atoms with Crippen LogP contribution in [0.2, 0.25) is 0 Å². The van der Waals surface area contributed by atoms with Gasteiger partial charge >= 0.3 is 0 Å². The van der Waals surface area contributed by atoms with Crippen LogP contribution in [-0.4, -0.2) is 34.6 Å². The predicted molar refractivity (Wildman–Crippen MR) is 127 cm³/mol. The van der Waals surface area contributed by atoms with E-state index in [-0.39, 0.29) is 47.8 Å². The highest BCUT2D eigenvalue weighted by atomic mass is 16.6. The van der Waals surface area contributed by atoms with Crippen LogP contribution < -0.4 is 9.47 Å². The largest absolute Gasteiger partial charge is 0.490 e. The number of non-ortho nitro benzene ring substituents is 1. The molecule has 1 heterocycles. The van der Waals surface area contributed by atoms with Crippen molar-refractivity contribution in [3.05, 3.63) is 75.9 Å². The Morgan fingerprint density at radius 2 is 1.66 bits per heavy atom. The van der Waals surface area contributed by atoms with Crippen LogP contribution >= 0.6 is 0 Å². The summed E-state index contributed by atoms with van der Waals surface area (Å²) in [4.78, 5) is 36.2. The second-order valence-corrected chi connectivity index (χ2v) is 8.93. The van der Waals surface area contributed by atoms with Crippen LogP contribution in [0.1, 0.15) is 30.9 Å². The van der Waals surface area contributed by atoms with Gasteiger partial charge in [0, 0.05) is 12.1 Å². The number of amides is 2. The number of nitro benzene ring substituents is 1. The quantitative estimate of drug-likeness (QED) is 0.187. The number of rotatable bonds is 8. The highest BCUT2D eigenvalue weighted by molar-refractivity contribution is 6.06. The zero-order valence-corrected chi connectivity index (χ0v) is 19.2. The van der Waals surface area contributed by atoms with Gasteiger partial charge in [-0.15, -0.1) is 0 Å². The molecule has 2 fully saturated rings. The maximum absolute atomic E-state index is 12.9. The minimum Gasteiger partial charge on any atom is -0.490 e. The molecule has 9 heteroatoms. The summed E-state index contributed by atoms with van der Waals surface area (Å²) in [5, 5.41) is 16.1. The van der Waals surface area contributed by atoms with E-state index in [0.29, 0.717) is 23.7 Å². The summed E-state index contributed by atoms with van der Waals surface area (Å²) in [5.74, 6) is 0.219. The third kappa shape index (κ3) is 4.29. The number of hydrogen-bond acceptors (Lipinski definition) is 7. The molecule has 0 radical (unpaired) electrons. The average molecular weight is 476 g/mol. The SMILES string of the molecule is CCOc1cc(/C=N\N2C(=O)[C@@H]3[C@H](C2=O)[C@H]2C=C[C@H]3CC2)ccc1OCc1ccc([N+](=O)[O-])cc1. The number of ether oxygens (including phenoxy) is 2. The lowest BCUT2D eigenvalue weighted by Crippen LogP contribution is -2.38. The summed E-state index contributed by atoms with van der Waals surface area (Å²) in [7, 11) is 0. The molecule has 4 atom stereocenters. The fraction of sp³-hybridized carbons (Fsp3) is 0.346. The Morgan fingerprint density at radius 3 is 2.23 bits per heavy atom. The average Bonchev–Trinajstić information content (AvgIpc) is 3.15. The number of nitrogens with zero attached hydrogens (tertiary/aromatic N) is 3. The summed E-state index contributed by atoms with van der Waals surface area (Å²) in [6.45, 7) is 2.48. The Labute approximate surface area is 202 Å². The lowest BCUT2D eigenvalue weighted by molar-refractivity contribution is -0.384. The van der Waals surface area contributed by atoms with Gasteiger partial charge in [0.2, 0.25) is 0 Å². The first kappa shape index (κ1) is 22.8. The first-order valence-corrected chi connectivity index (χ1v) is 11.7. The van der Waals surface area contributed by atoms with Crippen molar-refractivity contribution >= 4 is 23.7 Å². The molecule has 0 unspecified atom stereocenters. The first-order chi connectivity index (χ1) is 17.0. The van der Waals surface area contributed by atoms with E-state index in [1.807, 2.05) is 6.92 Å². The highest BCUT2D eigenvalue weighted by Crippen LogP contribution is 2.49. The molecule has 3 aliphatic carbocycles. The molecule has 2 aromatic carbocycles. The molecule has 6 rings (SSSR count). The Hall–Kier alpha value is -4.01. The van der Waals surface area contributed by atoms with E-state index in [1.165, 1.54) is 18.3 Å². The number of nitro groups is 1. The molecule has 2 aromatic rings. The number of hydrogen-bond donors (Lipinski definition) is 0. The molecular weight excluding hydrogens is 450 g/mol. The molecule has 2 amide bonds. The lowest BCUT2D eigenvalue weighted by atomic mass is 9.63. The lowest BCUT2D eigenvalue weighted by Gasteiger charge is -2.37. The third-order valence-electron chi connectivity index (χ3n) is 6.87. The van der Waals surface area contributed by atoms with E-state index >= 15 is 0 Å². The summed E-state index contributed by atoms with van der Waals surface area (Å²) in [5.41, 5.74) is 1.46. The van der Waals surface area contributed by atoms with Gasteiger partial charge in [-0.1, -0.05) is 12.2 Å². The number of benzene rings is 2. The van der Waals surface area contributed by atoms with Crippen molar-refractivity contribution in [1.82, 2.24) is 5.01 Å². The van der Waals surface area contributed by atoms with Gasteiger partial charge in [0.1, 0.15) is 6.61 Å². The van der Waals surface area contributed by atoms with Crippen LogP contribution in [0, 0.1) is 33.8 Å². The maximum atomic E-state index is 12.9. The van der Waals surface area contributed by atoms with E-state index < -0.39 is 4.92 Å². The molecule has 2 bridgehead atoms. The molecule has 1 aliphatic heterocycles. The van der Waals surface area contributed by atoms with E-state index in [9.17, 15) is 19.7 Å². The van der Waals surface area contributed by atoms with Crippen molar-refractivity contribution in [2.24, 2.45) is 28.8 Å². The van der Waals surface area contributed by atoms with Crippen LogP contribution in [0.3, 0.4) is 0 Å². The van der Waals surface area contributed by atoms with Crippen molar-refractivity contribution in [3.63, 3.8) is 0 Å². The van der Waals surface area contributed by atoms with Gasteiger partial charge in [0.05, 0.1) is 29.6 Å². The molecule has 0 N–H and O–H groups in total. The molecule has 4 aliphatic rings. The minimum absolute atomic E-state index is 0.0190. The van der Waals surface area contributed by atoms with E-state index in [0.717, 1.165) is 23.4 Å². The highest BCUT2D eigenvalue weighted by Gasteiger charge is 2.56. The van der Waals surface area contributed by atoms with Gasteiger partial charge < -0.3 is 9.47 Å². The molecular formula is C26H25N3O6. The molecule has 0 aromatic heterocycles. The molecule has 180 valence electrons. The van der Waals surface area contributed by atoms with Crippen LogP contribution in [0.4, 0.5) is 5.69 Å². The van der Waals surface area contributed by atoms with Crippen LogP contribution in [0.25, 0.3) is 0 Å². The van der Waals surface area contributed by atoms with Gasteiger partial charge in [-0.2, -0.15) is 10.1 Å². The predicted octanol–water partition coefficient (Wildman–Crippen LogP) is 4.10. The second kappa shape index (κ2) is 9.32. The fourth-order valence-corrected chi connectivity index (χ4v) is 5.16. The van der Waals surface area contributed by atoms with Crippen molar-refractivity contribution in [3.8, 4) is 11.5 Å². The Balaban J connectivity index is 1.29. The summed E-state index contributed by atoms with van der Waals surface area (Å²) in [6.07, 6.45) is 7.54. The van der Waals surface area contributed by atoms with Gasteiger partial charge in [-0.3, -0.25) is 19.7 Å². The number of imide groups is 1. The van der Waals surface area contributed by atoms with Crippen molar-refractivity contribution in [2.45, 2.75) is 26.4 Å². The minimum atomic E-state index is -0.448. The van der Waals surface area contributed by atoms with Crippen LogP contribution in [0.15, 0.2) is 59.7 Å². The number of allylic oxidation sites excluding steroid dienone is 2. The van der Waals surface area contributed by atoms with E-state index in [2.05, 4.69) is 17.3 Å². The van der Waals surface area contributed by atoms with Gasteiger partial charge in [0.25, 0.3) is 17.5 Å². The van der Waals surface area contributed by atoms with Crippen molar-refractivity contribution in [2.75, 3.05) is 6.61 Å². The summed E-state index contributed by atoms with van der Waals surface area (Å²) in [6, 6.07) is 11.4. The molecule has 35 heavy (non-hydrogen) atoms. The number of carbonyl (C=O) groups excluding carboxylic acids is 2. The van der Waals surface area contributed by atoms with E-state index in [4.69, 9.17) is 9.47 Å². The molecule has 9 nitrogen and oxygen atoms in total. The normalized spacial score (nSPS) is 24.8. The van der Waals surface area contributed by atoms with Crippen LogP contribution in [0.5, 0.6) is 11.5 Å². The Kier molecular flexibility index (Phi) is 6.07. The van der Waals surface area contributed by atoms with Gasteiger partial charge in [-0.25, -0.2) is 0 Å². The zero-order chi connectivity index (χ0) is 24.5. The van der Waals surface area contributed by atoms with E-state index in [1.54, 1.807) is 30.3 Å². The topological polar surface area (TPSA) is 111 Å². The smallest absolute Gasteiger partial charge is 0.269 e. The molecule has 0 spiro atoms. The molecule has 1 saturated heterocycles. The van der Waals surface area contributed by atoms with Crippen LogP contribution in [-0.2, 0) is 16.2 Å². The standard InChI is InChI=1S/C26H25N3O6/c1-2-34-22-13-17(5-12-21(22)35-15-16-3-10-20(11-4-16)29(32)33)14-27-28-25(30)23-18-6-7-19(9-8-18)24(23)26(28)31/h3-7,10-14,18-19,23-24H,2,8-9,15H2,1H3/b27-14-/t18-,19-,23-,24+/m0/s1. The van der Waals surface area contributed by atoms with Gasteiger partial charge in [0.15, 0.2) is 11.5 Å². The summed E-state index contributed by atoms with van der Waals surface area (Å²) >= 11 is 0. The number of hydrazone groups is 1. The Morgan fingerprint density at radius 1 is 1.00 bits per heavy atom. The monoisotopic (exact) mass is 475 g/mol. The summed E-state index contributed by atoms with van der Waals surface area (Å²) < 4.78 is 11.6. The fourth-order valence-electron chi connectivity index (χ4n) is 5.16.